The summed E-state index contributed by atoms with van der Waals surface area (Å²) in [5.41, 5.74) is 0.301. The summed E-state index contributed by atoms with van der Waals surface area (Å²) in [5, 5.41) is 5.24. The predicted octanol–water partition coefficient (Wildman–Crippen LogP) is 5.63. The van der Waals surface area contributed by atoms with E-state index in [1.165, 1.54) is 30.1 Å². The average Bonchev–Trinajstić information content (AvgIpc) is 3.49. The van der Waals surface area contributed by atoms with E-state index in [9.17, 15) is 31.9 Å². The average molecular weight is 603 g/mol. The Morgan fingerprint density at radius 2 is 1.83 bits per heavy atom. The molecule has 2 atom stereocenters. The van der Waals surface area contributed by atoms with Crippen molar-refractivity contribution < 1.29 is 31.9 Å². The molecule has 0 saturated carbocycles. The minimum atomic E-state index is -4.86. The van der Waals surface area contributed by atoms with Crippen LogP contribution in [0.5, 0.6) is 0 Å². The molecule has 0 spiro atoms. The minimum Gasteiger partial charge on any atom is -0.353 e. The molecule has 1 aliphatic rings. The number of anilines is 3. The zero-order valence-electron chi connectivity index (χ0n) is 22.0. The van der Waals surface area contributed by atoms with Crippen molar-refractivity contribution in [3.05, 3.63) is 77.5 Å². The smallest absolute Gasteiger partial charge is 0.353 e. The van der Waals surface area contributed by atoms with Crippen LogP contribution in [-0.4, -0.2) is 55.8 Å². The Morgan fingerprint density at radius 3 is 2.52 bits per heavy atom. The molecular weight excluding hydrogens is 580 g/mol. The Hall–Kier alpha value is -4.52. The number of aromatic nitrogens is 3. The summed E-state index contributed by atoms with van der Waals surface area (Å²) < 4.78 is 56.7. The number of hydrogen-bond acceptors (Lipinski definition) is 6. The van der Waals surface area contributed by atoms with Crippen LogP contribution in [-0.2, 0) is 22.3 Å². The molecular formula is C28H23ClF4N6O3. The third kappa shape index (κ3) is 5.91. The second-order valence-electron chi connectivity index (χ2n) is 9.76. The van der Waals surface area contributed by atoms with Crippen molar-refractivity contribution in [1.82, 2.24) is 19.4 Å². The Labute approximate surface area is 241 Å². The fraction of sp³-hybridized carbons (Fsp3) is 0.250. The molecule has 1 fully saturated rings. The van der Waals surface area contributed by atoms with E-state index < -0.39 is 53.0 Å². The van der Waals surface area contributed by atoms with Crippen LogP contribution in [0.3, 0.4) is 0 Å². The second kappa shape index (κ2) is 11.4. The molecule has 2 aromatic carbocycles. The van der Waals surface area contributed by atoms with Gasteiger partial charge in [-0.1, -0.05) is 17.7 Å². The molecule has 2 aromatic heterocycles. The summed E-state index contributed by atoms with van der Waals surface area (Å²) in [6, 6.07) is 7.11. The van der Waals surface area contributed by atoms with Crippen molar-refractivity contribution in [3.8, 4) is 0 Å². The Balaban J connectivity index is 1.39. The van der Waals surface area contributed by atoms with E-state index in [-0.39, 0.29) is 18.7 Å². The van der Waals surface area contributed by atoms with Crippen LogP contribution in [0.4, 0.5) is 34.6 Å². The number of benzene rings is 2. The van der Waals surface area contributed by atoms with Gasteiger partial charge in [0.25, 0.3) is 0 Å². The van der Waals surface area contributed by atoms with E-state index in [0.717, 1.165) is 17.0 Å². The number of alkyl halides is 4. The van der Waals surface area contributed by atoms with Crippen molar-refractivity contribution >= 4 is 57.2 Å². The van der Waals surface area contributed by atoms with Crippen molar-refractivity contribution in [3.63, 3.8) is 0 Å². The molecule has 42 heavy (non-hydrogen) atoms. The SMILES string of the molecule is CC(=O)c1cn(CC(=O)N2CC(F)CC2C(=O)Nc2cccc(Cl)c2C(F)(F)F)c2ccc(Nc3cncnc3)cc12. The van der Waals surface area contributed by atoms with Crippen molar-refractivity contribution in [2.75, 3.05) is 17.2 Å². The van der Waals surface area contributed by atoms with Gasteiger partial charge < -0.3 is 20.1 Å². The number of nitrogens with one attached hydrogen (secondary N) is 2. The summed E-state index contributed by atoms with van der Waals surface area (Å²) in [6.07, 6.45) is -0.772. The maximum Gasteiger partial charge on any atom is 0.419 e. The van der Waals surface area contributed by atoms with E-state index in [0.29, 0.717) is 27.8 Å². The monoisotopic (exact) mass is 602 g/mol. The zero-order chi connectivity index (χ0) is 30.2. The number of nitrogens with zero attached hydrogens (tertiary/aromatic N) is 4. The van der Waals surface area contributed by atoms with Crippen LogP contribution in [0.25, 0.3) is 10.9 Å². The summed E-state index contributed by atoms with van der Waals surface area (Å²) >= 11 is 5.74. The van der Waals surface area contributed by atoms with Crippen molar-refractivity contribution in [2.24, 2.45) is 0 Å². The van der Waals surface area contributed by atoms with E-state index in [1.54, 1.807) is 30.6 Å². The van der Waals surface area contributed by atoms with Gasteiger partial charge in [0.05, 0.1) is 40.9 Å². The van der Waals surface area contributed by atoms with Crippen LogP contribution < -0.4 is 10.6 Å². The lowest BCUT2D eigenvalue weighted by molar-refractivity contribution is -0.138. The maximum atomic E-state index is 14.5. The van der Waals surface area contributed by atoms with E-state index in [2.05, 4.69) is 20.6 Å². The molecule has 3 heterocycles. The molecule has 1 aliphatic heterocycles. The highest BCUT2D eigenvalue weighted by Gasteiger charge is 2.42. The molecule has 5 rings (SSSR count). The third-order valence-corrected chi connectivity index (χ3v) is 7.16. The lowest BCUT2D eigenvalue weighted by Gasteiger charge is -2.25. The van der Waals surface area contributed by atoms with Gasteiger partial charge in [-0.05, 0) is 37.3 Å². The Morgan fingerprint density at radius 1 is 1.10 bits per heavy atom. The maximum absolute atomic E-state index is 14.5. The first-order valence-electron chi connectivity index (χ1n) is 12.7. The van der Waals surface area contributed by atoms with Crippen LogP contribution in [0.2, 0.25) is 5.02 Å². The number of hydrogen-bond donors (Lipinski definition) is 2. The second-order valence-corrected chi connectivity index (χ2v) is 10.2. The van der Waals surface area contributed by atoms with E-state index in [1.807, 2.05) is 0 Å². The topological polar surface area (TPSA) is 109 Å². The number of carbonyl (C=O) groups is 3. The molecule has 9 nitrogen and oxygen atoms in total. The fourth-order valence-electron chi connectivity index (χ4n) is 4.99. The number of Topliss-reactive ketones (excluding diaryl/α,β-unsaturated/α-hetero) is 1. The number of amides is 2. The van der Waals surface area contributed by atoms with Gasteiger partial charge in [0, 0.05) is 34.8 Å². The summed E-state index contributed by atoms with van der Waals surface area (Å²) in [5.74, 6) is -1.87. The van der Waals surface area contributed by atoms with Crippen molar-refractivity contribution in [1.29, 1.82) is 0 Å². The molecule has 14 heteroatoms. The molecule has 0 radical (unpaired) electrons. The number of likely N-dealkylation sites (tertiary alicyclic amines) is 1. The number of carbonyl (C=O) groups excluding carboxylic acids is 3. The summed E-state index contributed by atoms with van der Waals surface area (Å²) in [7, 11) is 0. The fourth-order valence-corrected chi connectivity index (χ4v) is 5.28. The quantitative estimate of drug-likeness (QED) is 0.210. The Bertz CT molecular complexity index is 1680. The highest BCUT2D eigenvalue weighted by molar-refractivity contribution is 6.32. The summed E-state index contributed by atoms with van der Waals surface area (Å²) in [4.78, 5) is 47.8. The molecule has 4 aromatic rings. The van der Waals surface area contributed by atoms with Gasteiger partial charge in [-0.2, -0.15) is 13.2 Å². The number of rotatable bonds is 7. The minimum absolute atomic E-state index is 0.254. The van der Waals surface area contributed by atoms with Gasteiger partial charge in [-0.15, -0.1) is 0 Å². The largest absolute Gasteiger partial charge is 0.419 e. The highest BCUT2D eigenvalue weighted by Crippen LogP contribution is 2.40. The van der Waals surface area contributed by atoms with Gasteiger partial charge >= 0.3 is 6.18 Å². The number of ketones is 1. The van der Waals surface area contributed by atoms with E-state index in [4.69, 9.17) is 11.6 Å². The molecule has 0 aliphatic carbocycles. The van der Waals surface area contributed by atoms with Gasteiger partial charge in [0.15, 0.2) is 5.78 Å². The third-order valence-electron chi connectivity index (χ3n) is 6.84. The van der Waals surface area contributed by atoms with Gasteiger partial charge in [0.1, 0.15) is 25.1 Å². The van der Waals surface area contributed by atoms with E-state index >= 15 is 0 Å². The number of halogens is 5. The van der Waals surface area contributed by atoms with Gasteiger partial charge in [-0.3, -0.25) is 14.4 Å². The first kappa shape index (κ1) is 29.0. The standard InChI is InChI=1S/C28H23ClF4N6O3/c1-15(40)20-12-38(23-6-5-17(8-19(20)23)36-18-9-34-14-35-10-18)13-25(41)39-11-16(30)7-24(39)27(42)37-22-4-2-3-21(29)26(22)28(31,32)33/h2-6,8-10,12,14,16,24,36H,7,11,13H2,1H3,(H,37,42). The van der Waals surface area contributed by atoms with Gasteiger partial charge in [-0.25, -0.2) is 14.4 Å². The van der Waals surface area contributed by atoms with Crippen LogP contribution in [0.15, 0.2) is 61.3 Å². The van der Waals surface area contributed by atoms with Gasteiger partial charge in [0.2, 0.25) is 11.8 Å². The van der Waals surface area contributed by atoms with Crippen LogP contribution in [0, 0.1) is 0 Å². The van der Waals surface area contributed by atoms with Crippen LogP contribution in [0.1, 0.15) is 29.3 Å². The first-order valence-corrected chi connectivity index (χ1v) is 13.1. The molecule has 2 N–H and O–H groups in total. The lowest BCUT2D eigenvalue weighted by Crippen LogP contribution is -2.44. The molecule has 2 unspecified atom stereocenters. The molecule has 1 saturated heterocycles. The summed E-state index contributed by atoms with van der Waals surface area (Å²) in [6.45, 7) is 0.626. The lowest BCUT2D eigenvalue weighted by atomic mass is 10.1. The normalized spacial score (nSPS) is 17.0. The molecule has 218 valence electrons. The first-order chi connectivity index (χ1) is 19.9. The zero-order valence-corrected chi connectivity index (χ0v) is 22.7. The van der Waals surface area contributed by atoms with Crippen LogP contribution >= 0.6 is 11.6 Å². The predicted molar refractivity (Wildman–Crippen MR) is 147 cm³/mol. The number of fused-ring (bicyclic) bond motifs is 1. The van der Waals surface area contributed by atoms with Crippen molar-refractivity contribution in [2.45, 2.75) is 38.3 Å². The molecule has 2 amide bonds. The highest BCUT2D eigenvalue weighted by atomic mass is 35.5. The Kier molecular flexibility index (Phi) is 7.87. The molecule has 0 bridgehead atoms.